The molecule has 0 heterocycles. The molecule has 0 radical (unpaired) electrons. The van der Waals surface area contributed by atoms with Gasteiger partial charge < -0.3 is 5.73 Å². The first kappa shape index (κ1) is 14.2. The first-order chi connectivity index (χ1) is 8.47. The number of hydrogen-bond donors (Lipinski definition) is 1. The van der Waals surface area contributed by atoms with Crippen LogP contribution < -0.4 is 5.73 Å². The third kappa shape index (κ3) is 3.55. The Kier molecular flexibility index (Phi) is 4.84. The predicted octanol–water partition coefficient (Wildman–Crippen LogP) is 2.99. The Hall–Kier alpha value is -1.90. The monoisotopic (exact) mass is 244 g/mol. The van der Waals surface area contributed by atoms with Gasteiger partial charge >= 0.3 is 0 Å². The zero-order chi connectivity index (χ0) is 13.7. The average Bonchev–Trinajstić information content (AvgIpc) is 2.33. The topological polar surface area (TPSA) is 55.5 Å². The molecule has 0 saturated heterocycles. The number of aryl methyl sites for hydroxylation is 2. The second-order valence-corrected chi connectivity index (χ2v) is 4.49. The van der Waals surface area contributed by atoms with Crippen LogP contribution >= 0.6 is 0 Å². The molecule has 0 aliphatic rings. The summed E-state index contributed by atoms with van der Waals surface area (Å²) in [5.41, 5.74) is 11.5. The summed E-state index contributed by atoms with van der Waals surface area (Å²) in [6.45, 7) is 7.76. The Labute approximate surface area is 108 Å². The van der Waals surface area contributed by atoms with Crippen LogP contribution in [0.5, 0.6) is 0 Å². The van der Waals surface area contributed by atoms with Crippen LogP contribution in [0.4, 0.5) is 5.69 Å². The molecule has 0 saturated carbocycles. The first-order valence-corrected chi connectivity index (χ1v) is 5.99. The molecule has 0 bridgehead atoms. The minimum atomic E-state index is 0.470. The molecule has 0 spiro atoms. The van der Waals surface area contributed by atoms with Crippen molar-refractivity contribution in [1.29, 1.82) is 0 Å². The number of allylic oxidation sites excluding steroid dienone is 2. The van der Waals surface area contributed by atoms with E-state index in [1.807, 2.05) is 26.8 Å². The number of aliphatic imine (C=N–C) groups is 1. The van der Waals surface area contributed by atoms with Crippen molar-refractivity contribution < 1.29 is 4.79 Å². The van der Waals surface area contributed by atoms with E-state index in [2.05, 4.69) is 11.1 Å². The number of nitrogens with zero attached hydrogens (tertiary/aromatic N) is 1. The highest BCUT2D eigenvalue weighted by Crippen LogP contribution is 2.18. The molecule has 0 atom stereocenters. The van der Waals surface area contributed by atoms with Gasteiger partial charge in [-0.15, -0.1) is 0 Å². The Morgan fingerprint density at radius 3 is 2.56 bits per heavy atom. The van der Waals surface area contributed by atoms with E-state index in [9.17, 15) is 4.79 Å². The summed E-state index contributed by atoms with van der Waals surface area (Å²) >= 11 is 0. The predicted molar refractivity (Wildman–Crippen MR) is 77.0 cm³/mol. The van der Waals surface area contributed by atoms with Crippen LogP contribution in [0.1, 0.15) is 30.5 Å². The number of aldehydes is 1. The Morgan fingerprint density at radius 2 is 2.00 bits per heavy atom. The summed E-state index contributed by atoms with van der Waals surface area (Å²) in [5.74, 6) is 0. The summed E-state index contributed by atoms with van der Waals surface area (Å²) in [7, 11) is 0. The normalized spacial score (nSPS) is 12.7. The van der Waals surface area contributed by atoms with Gasteiger partial charge in [-0.1, -0.05) is 12.1 Å². The van der Waals surface area contributed by atoms with Crippen LogP contribution in [0, 0.1) is 13.8 Å². The molecular weight excluding hydrogens is 224 g/mol. The van der Waals surface area contributed by atoms with Crippen LogP contribution in [0.25, 0.3) is 0 Å². The van der Waals surface area contributed by atoms with E-state index in [-0.39, 0.29) is 0 Å². The van der Waals surface area contributed by atoms with Gasteiger partial charge in [-0.3, -0.25) is 9.79 Å². The van der Waals surface area contributed by atoms with Crippen LogP contribution in [-0.4, -0.2) is 12.0 Å². The Bertz CT molecular complexity index is 513. The maximum absolute atomic E-state index is 10.7. The SMILES string of the molecule is C/C=C(/C=O)N=C(C)Cc1cc(C)c(N)cc1C. The molecule has 18 heavy (non-hydrogen) atoms. The van der Waals surface area contributed by atoms with Gasteiger partial charge in [0.25, 0.3) is 0 Å². The van der Waals surface area contributed by atoms with Crippen LogP contribution in [0.3, 0.4) is 0 Å². The maximum Gasteiger partial charge on any atom is 0.168 e. The van der Waals surface area contributed by atoms with Crippen molar-refractivity contribution in [1.82, 2.24) is 0 Å². The number of hydrogen-bond acceptors (Lipinski definition) is 3. The molecule has 3 heteroatoms. The number of nitrogen functional groups attached to an aromatic ring is 1. The fourth-order valence-corrected chi connectivity index (χ4v) is 1.78. The van der Waals surface area contributed by atoms with Gasteiger partial charge in [0.05, 0.1) is 5.70 Å². The number of anilines is 1. The summed E-state index contributed by atoms with van der Waals surface area (Å²) in [6.07, 6.45) is 3.21. The van der Waals surface area contributed by atoms with E-state index in [4.69, 9.17) is 5.73 Å². The van der Waals surface area contributed by atoms with Crippen molar-refractivity contribution in [2.75, 3.05) is 5.73 Å². The second-order valence-electron chi connectivity index (χ2n) is 4.49. The summed E-state index contributed by atoms with van der Waals surface area (Å²) < 4.78 is 0. The fraction of sp³-hybridized carbons (Fsp3) is 0.333. The molecule has 2 N–H and O–H groups in total. The zero-order valence-corrected chi connectivity index (χ0v) is 11.4. The lowest BCUT2D eigenvalue weighted by atomic mass is 9.99. The molecular formula is C15H20N2O. The molecule has 1 aromatic rings. The quantitative estimate of drug-likeness (QED) is 0.383. The van der Waals surface area contributed by atoms with Crippen LogP contribution in [0.2, 0.25) is 0 Å². The Balaban J connectivity index is 2.98. The highest BCUT2D eigenvalue weighted by molar-refractivity contribution is 5.89. The van der Waals surface area contributed by atoms with Gasteiger partial charge in [0, 0.05) is 17.8 Å². The summed E-state index contributed by atoms with van der Waals surface area (Å²) in [5, 5.41) is 0. The maximum atomic E-state index is 10.7. The van der Waals surface area contributed by atoms with Crippen molar-refractivity contribution in [2.24, 2.45) is 4.99 Å². The van der Waals surface area contributed by atoms with Gasteiger partial charge in [0.15, 0.2) is 6.29 Å². The third-order valence-corrected chi connectivity index (χ3v) is 2.91. The van der Waals surface area contributed by atoms with E-state index in [1.165, 1.54) is 5.56 Å². The van der Waals surface area contributed by atoms with E-state index < -0.39 is 0 Å². The van der Waals surface area contributed by atoms with Crippen molar-refractivity contribution in [3.63, 3.8) is 0 Å². The highest BCUT2D eigenvalue weighted by Gasteiger charge is 2.04. The molecule has 0 aliphatic heterocycles. The van der Waals surface area contributed by atoms with Crippen LogP contribution in [-0.2, 0) is 11.2 Å². The van der Waals surface area contributed by atoms with Gasteiger partial charge in [-0.05, 0) is 50.5 Å². The molecule has 3 nitrogen and oxygen atoms in total. The lowest BCUT2D eigenvalue weighted by molar-refractivity contribution is -0.104. The minimum absolute atomic E-state index is 0.470. The first-order valence-electron chi connectivity index (χ1n) is 5.99. The molecule has 96 valence electrons. The summed E-state index contributed by atoms with van der Waals surface area (Å²) in [6, 6.07) is 4.06. The lowest BCUT2D eigenvalue weighted by Gasteiger charge is -2.09. The van der Waals surface area contributed by atoms with Crippen molar-refractivity contribution in [2.45, 2.75) is 34.1 Å². The summed E-state index contributed by atoms with van der Waals surface area (Å²) in [4.78, 5) is 15.0. The van der Waals surface area contributed by atoms with Gasteiger partial charge in [0.1, 0.15) is 0 Å². The lowest BCUT2D eigenvalue weighted by Crippen LogP contribution is -2.03. The number of carbonyl (C=O) groups excluding carboxylic acids is 1. The molecule has 0 aromatic heterocycles. The Morgan fingerprint density at radius 1 is 1.33 bits per heavy atom. The van der Waals surface area contributed by atoms with Gasteiger partial charge in [-0.2, -0.15) is 0 Å². The molecule has 1 rings (SSSR count). The molecule has 0 fully saturated rings. The third-order valence-electron chi connectivity index (χ3n) is 2.91. The number of rotatable bonds is 4. The van der Waals surface area contributed by atoms with E-state index in [0.29, 0.717) is 5.70 Å². The van der Waals surface area contributed by atoms with Crippen molar-refractivity contribution in [3.05, 3.63) is 40.6 Å². The van der Waals surface area contributed by atoms with Gasteiger partial charge in [0.2, 0.25) is 0 Å². The van der Waals surface area contributed by atoms with Gasteiger partial charge in [-0.25, -0.2) is 0 Å². The smallest absolute Gasteiger partial charge is 0.168 e. The largest absolute Gasteiger partial charge is 0.399 e. The zero-order valence-electron chi connectivity index (χ0n) is 11.4. The average molecular weight is 244 g/mol. The van der Waals surface area contributed by atoms with E-state index >= 15 is 0 Å². The molecule has 0 unspecified atom stereocenters. The number of benzene rings is 1. The van der Waals surface area contributed by atoms with E-state index in [1.54, 1.807) is 13.0 Å². The van der Waals surface area contributed by atoms with Crippen molar-refractivity contribution in [3.8, 4) is 0 Å². The molecule has 1 aromatic carbocycles. The van der Waals surface area contributed by atoms with E-state index in [0.717, 1.165) is 35.2 Å². The highest BCUT2D eigenvalue weighted by atomic mass is 16.1. The second kappa shape index (κ2) is 6.15. The molecule has 0 amide bonds. The molecule has 0 aliphatic carbocycles. The number of nitrogens with two attached hydrogens (primary N) is 1. The van der Waals surface area contributed by atoms with Crippen LogP contribution in [0.15, 0.2) is 28.9 Å². The fourth-order valence-electron chi connectivity index (χ4n) is 1.78. The standard InChI is InChI=1S/C15H20N2O/c1-5-14(9-18)17-12(4)8-13-6-11(3)15(16)7-10(13)2/h5-7,9H,8,16H2,1-4H3/b14-5-,17-12?. The minimum Gasteiger partial charge on any atom is -0.399 e. The van der Waals surface area contributed by atoms with Crippen molar-refractivity contribution >= 4 is 17.7 Å². The number of carbonyl (C=O) groups is 1.